The molecule has 0 aliphatic carbocycles. The van der Waals surface area contributed by atoms with Crippen LogP contribution in [0.2, 0.25) is 0 Å². The van der Waals surface area contributed by atoms with Gasteiger partial charge in [0.15, 0.2) is 5.95 Å². The van der Waals surface area contributed by atoms with Crippen molar-refractivity contribution in [3.05, 3.63) is 12.0 Å². The molecular formula is C5H8F3N3. The minimum Gasteiger partial charge on any atom is -0.323 e. The van der Waals surface area contributed by atoms with Gasteiger partial charge in [0.2, 0.25) is 0 Å². The van der Waals surface area contributed by atoms with Gasteiger partial charge in [-0.2, -0.15) is 13.2 Å². The normalized spacial score (nSPS) is 23.3. The summed E-state index contributed by atoms with van der Waals surface area (Å²) in [4.78, 5) is 0.956. The molecule has 1 heterocycles. The predicted octanol–water partition coefficient (Wildman–Crippen LogP) is 0.169. The molecule has 3 nitrogen and oxygen atoms in total. The summed E-state index contributed by atoms with van der Waals surface area (Å²) in [5.74, 6) is -0.990. The van der Waals surface area contributed by atoms with Gasteiger partial charge in [-0.15, -0.1) is 0 Å². The zero-order valence-corrected chi connectivity index (χ0v) is 5.65. The monoisotopic (exact) mass is 167 g/mol. The molecule has 0 unspecified atom stereocenters. The second kappa shape index (κ2) is 2.71. The second-order valence-corrected chi connectivity index (χ2v) is 2.15. The Hall–Kier alpha value is -0.750. The van der Waals surface area contributed by atoms with E-state index in [1.807, 2.05) is 0 Å². The number of nitrogens with one attached hydrogen (secondary N) is 1. The molecule has 0 amide bonds. The SMILES string of the molecule is NCN1CNC(F)(F)C=C1F. The fraction of sp³-hybridized carbons (Fsp3) is 0.600. The summed E-state index contributed by atoms with van der Waals surface area (Å²) in [5.41, 5.74) is 5.04. The lowest BCUT2D eigenvalue weighted by molar-refractivity contribution is -0.0167. The van der Waals surface area contributed by atoms with Crippen LogP contribution < -0.4 is 11.1 Å². The van der Waals surface area contributed by atoms with Crippen LogP contribution in [-0.4, -0.2) is 24.3 Å². The van der Waals surface area contributed by atoms with Crippen LogP contribution in [0.1, 0.15) is 0 Å². The van der Waals surface area contributed by atoms with Crippen LogP contribution in [-0.2, 0) is 0 Å². The lowest BCUT2D eigenvalue weighted by atomic mass is 10.4. The molecule has 0 spiro atoms. The number of nitrogens with zero attached hydrogens (tertiary/aromatic N) is 1. The second-order valence-electron chi connectivity index (χ2n) is 2.15. The third kappa shape index (κ3) is 1.84. The van der Waals surface area contributed by atoms with E-state index >= 15 is 0 Å². The van der Waals surface area contributed by atoms with Crippen LogP contribution >= 0.6 is 0 Å². The molecule has 11 heavy (non-hydrogen) atoms. The zero-order valence-electron chi connectivity index (χ0n) is 5.65. The molecule has 0 radical (unpaired) electrons. The van der Waals surface area contributed by atoms with E-state index in [1.54, 1.807) is 5.32 Å². The van der Waals surface area contributed by atoms with Gasteiger partial charge < -0.3 is 10.6 Å². The Bertz CT molecular complexity index is 180. The van der Waals surface area contributed by atoms with Crippen molar-refractivity contribution in [1.29, 1.82) is 0 Å². The van der Waals surface area contributed by atoms with Crippen molar-refractivity contribution in [3.63, 3.8) is 0 Å². The highest BCUT2D eigenvalue weighted by Gasteiger charge is 2.32. The average Bonchev–Trinajstić information content (AvgIpc) is 1.86. The zero-order chi connectivity index (χ0) is 8.48. The molecule has 1 rings (SSSR count). The van der Waals surface area contributed by atoms with Crippen LogP contribution in [0.25, 0.3) is 0 Å². The first-order valence-corrected chi connectivity index (χ1v) is 3.01. The molecule has 0 fully saturated rings. The van der Waals surface area contributed by atoms with Crippen LogP contribution in [0.4, 0.5) is 13.2 Å². The van der Waals surface area contributed by atoms with Gasteiger partial charge in [0.1, 0.15) is 0 Å². The van der Waals surface area contributed by atoms with E-state index in [2.05, 4.69) is 0 Å². The molecule has 0 atom stereocenters. The van der Waals surface area contributed by atoms with Crippen LogP contribution in [0, 0.1) is 0 Å². The Balaban J connectivity index is 2.72. The predicted molar refractivity (Wildman–Crippen MR) is 33.0 cm³/mol. The van der Waals surface area contributed by atoms with Crippen LogP contribution in [0.15, 0.2) is 12.0 Å². The van der Waals surface area contributed by atoms with Crippen LogP contribution in [0.5, 0.6) is 0 Å². The van der Waals surface area contributed by atoms with Gasteiger partial charge in [-0.25, -0.2) is 5.32 Å². The molecular weight excluding hydrogens is 159 g/mol. The lowest BCUT2D eigenvalue weighted by Crippen LogP contribution is -2.48. The summed E-state index contributed by atoms with van der Waals surface area (Å²) in [6.45, 7) is -0.392. The average molecular weight is 167 g/mol. The first kappa shape index (κ1) is 8.35. The molecule has 1 aliphatic rings. The molecule has 0 aromatic heterocycles. The van der Waals surface area contributed by atoms with Gasteiger partial charge in [-0.3, -0.25) is 0 Å². The maximum Gasteiger partial charge on any atom is 0.328 e. The van der Waals surface area contributed by atoms with Crippen molar-refractivity contribution in [2.24, 2.45) is 5.73 Å². The molecule has 0 bridgehead atoms. The third-order valence-electron chi connectivity index (χ3n) is 1.33. The molecule has 64 valence electrons. The Morgan fingerprint density at radius 1 is 1.73 bits per heavy atom. The van der Waals surface area contributed by atoms with Crippen molar-refractivity contribution in [3.8, 4) is 0 Å². The van der Waals surface area contributed by atoms with E-state index in [9.17, 15) is 13.2 Å². The summed E-state index contributed by atoms with van der Waals surface area (Å²) in [7, 11) is 0. The van der Waals surface area contributed by atoms with Gasteiger partial charge in [0.05, 0.1) is 19.4 Å². The Kier molecular flexibility index (Phi) is 2.05. The molecule has 1 aliphatic heterocycles. The van der Waals surface area contributed by atoms with E-state index in [-0.39, 0.29) is 19.4 Å². The maximum absolute atomic E-state index is 12.5. The molecule has 6 heteroatoms. The number of nitrogens with two attached hydrogens (primary N) is 1. The lowest BCUT2D eigenvalue weighted by Gasteiger charge is -2.28. The number of hydrogen-bond acceptors (Lipinski definition) is 3. The van der Waals surface area contributed by atoms with E-state index in [0.29, 0.717) is 0 Å². The van der Waals surface area contributed by atoms with Crippen molar-refractivity contribution < 1.29 is 13.2 Å². The minimum absolute atomic E-state index is 0.120. The van der Waals surface area contributed by atoms with Gasteiger partial charge in [0, 0.05) is 0 Å². The number of rotatable bonds is 1. The standard InChI is InChI=1S/C5H8F3N3/c6-4-1-5(7,8)10-3-11(4)2-9/h1,10H,2-3,9H2. The third-order valence-corrected chi connectivity index (χ3v) is 1.33. The highest BCUT2D eigenvalue weighted by molar-refractivity contribution is 5.02. The Labute approximate surface area is 61.6 Å². The molecule has 0 aromatic carbocycles. The molecule has 0 saturated carbocycles. The smallest absolute Gasteiger partial charge is 0.323 e. The summed E-state index contributed by atoms with van der Waals surface area (Å²) < 4.78 is 37.1. The Morgan fingerprint density at radius 2 is 2.36 bits per heavy atom. The van der Waals surface area contributed by atoms with Crippen molar-refractivity contribution >= 4 is 0 Å². The fourth-order valence-electron chi connectivity index (χ4n) is 0.720. The number of hydrogen-bond donors (Lipinski definition) is 2. The minimum atomic E-state index is -3.25. The van der Waals surface area contributed by atoms with Gasteiger partial charge in [-0.05, 0) is 0 Å². The Morgan fingerprint density at radius 3 is 2.82 bits per heavy atom. The van der Waals surface area contributed by atoms with E-state index in [1.165, 1.54) is 0 Å². The first-order chi connectivity index (χ1) is 5.05. The highest BCUT2D eigenvalue weighted by atomic mass is 19.3. The fourth-order valence-corrected chi connectivity index (χ4v) is 0.720. The van der Waals surface area contributed by atoms with E-state index < -0.39 is 12.0 Å². The largest absolute Gasteiger partial charge is 0.328 e. The van der Waals surface area contributed by atoms with E-state index in [0.717, 1.165) is 4.90 Å². The summed E-state index contributed by atoms with van der Waals surface area (Å²) in [5, 5.41) is 1.79. The van der Waals surface area contributed by atoms with Crippen molar-refractivity contribution in [2.45, 2.75) is 6.05 Å². The van der Waals surface area contributed by atoms with Crippen molar-refractivity contribution in [1.82, 2.24) is 10.2 Å². The molecule has 3 N–H and O–H groups in total. The summed E-state index contributed by atoms with van der Waals surface area (Å²) in [6.07, 6.45) is 0.198. The summed E-state index contributed by atoms with van der Waals surface area (Å²) >= 11 is 0. The van der Waals surface area contributed by atoms with Gasteiger partial charge in [-0.1, -0.05) is 0 Å². The quantitative estimate of drug-likeness (QED) is 0.547. The van der Waals surface area contributed by atoms with E-state index in [4.69, 9.17) is 5.73 Å². The topological polar surface area (TPSA) is 41.3 Å². The first-order valence-electron chi connectivity index (χ1n) is 3.01. The van der Waals surface area contributed by atoms with Crippen molar-refractivity contribution in [2.75, 3.05) is 13.3 Å². The maximum atomic E-state index is 12.5. The molecule has 0 saturated heterocycles. The van der Waals surface area contributed by atoms with Gasteiger partial charge in [0.25, 0.3) is 0 Å². The van der Waals surface area contributed by atoms with Gasteiger partial charge >= 0.3 is 6.05 Å². The number of halogens is 3. The highest BCUT2D eigenvalue weighted by Crippen LogP contribution is 2.20. The molecule has 0 aromatic rings. The summed E-state index contributed by atoms with van der Waals surface area (Å²) in [6, 6.07) is -3.25. The number of alkyl halides is 2. The van der Waals surface area contributed by atoms with Crippen LogP contribution in [0.3, 0.4) is 0 Å².